The molecule has 2 aliphatic rings. The van der Waals surface area contributed by atoms with Gasteiger partial charge in [0.2, 0.25) is 0 Å². The summed E-state index contributed by atoms with van der Waals surface area (Å²) < 4.78 is 11.0. The molecule has 1 heterocycles. The fourth-order valence-corrected chi connectivity index (χ4v) is 3.01. The Hall–Kier alpha value is -1.77. The van der Waals surface area contributed by atoms with Gasteiger partial charge in [-0.3, -0.25) is 4.79 Å². The number of esters is 1. The Balaban J connectivity index is 1.89. The lowest BCUT2D eigenvalue weighted by Gasteiger charge is -2.27. The first kappa shape index (κ1) is 12.3. The molecular formula is C16H18O3. The SMILES string of the molecule is CCOC(=O)CC1Oc2ccccc2C2=C1CCC2. The minimum Gasteiger partial charge on any atom is -0.485 e. The molecule has 0 spiro atoms. The van der Waals surface area contributed by atoms with Crippen molar-refractivity contribution in [1.29, 1.82) is 0 Å². The quantitative estimate of drug-likeness (QED) is 0.780. The van der Waals surface area contributed by atoms with E-state index >= 15 is 0 Å². The molecule has 1 aliphatic carbocycles. The lowest BCUT2D eigenvalue weighted by molar-refractivity contribution is -0.144. The van der Waals surface area contributed by atoms with Crippen molar-refractivity contribution in [2.75, 3.05) is 6.61 Å². The van der Waals surface area contributed by atoms with Crippen LogP contribution in [-0.2, 0) is 9.53 Å². The topological polar surface area (TPSA) is 35.5 Å². The molecule has 1 unspecified atom stereocenters. The van der Waals surface area contributed by atoms with Crippen LogP contribution in [0.2, 0.25) is 0 Å². The van der Waals surface area contributed by atoms with Gasteiger partial charge in [-0.25, -0.2) is 0 Å². The maximum atomic E-state index is 11.7. The molecule has 0 radical (unpaired) electrons. The number of allylic oxidation sites excluding steroid dienone is 1. The van der Waals surface area contributed by atoms with E-state index in [0.717, 1.165) is 25.0 Å². The monoisotopic (exact) mass is 258 g/mol. The van der Waals surface area contributed by atoms with E-state index in [1.807, 2.05) is 25.1 Å². The van der Waals surface area contributed by atoms with Crippen LogP contribution in [0.1, 0.15) is 38.2 Å². The fourth-order valence-electron chi connectivity index (χ4n) is 3.01. The predicted octanol–water partition coefficient (Wildman–Crippen LogP) is 3.34. The maximum Gasteiger partial charge on any atom is 0.309 e. The molecule has 3 heteroatoms. The van der Waals surface area contributed by atoms with E-state index in [0.29, 0.717) is 13.0 Å². The van der Waals surface area contributed by atoms with Gasteiger partial charge in [0.05, 0.1) is 13.0 Å². The van der Waals surface area contributed by atoms with Crippen molar-refractivity contribution in [3.8, 4) is 5.75 Å². The Morgan fingerprint density at radius 2 is 2.21 bits per heavy atom. The highest BCUT2D eigenvalue weighted by molar-refractivity contribution is 5.79. The molecule has 0 saturated carbocycles. The summed E-state index contributed by atoms with van der Waals surface area (Å²) in [5.41, 5.74) is 3.89. The highest BCUT2D eigenvalue weighted by Gasteiger charge is 2.32. The van der Waals surface area contributed by atoms with Gasteiger partial charge in [-0.2, -0.15) is 0 Å². The van der Waals surface area contributed by atoms with Gasteiger partial charge in [-0.1, -0.05) is 18.2 Å². The van der Waals surface area contributed by atoms with Crippen molar-refractivity contribution >= 4 is 11.5 Å². The first-order valence-electron chi connectivity index (χ1n) is 6.93. The van der Waals surface area contributed by atoms with Crippen molar-refractivity contribution in [1.82, 2.24) is 0 Å². The van der Waals surface area contributed by atoms with Crippen molar-refractivity contribution in [2.24, 2.45) is 0 Å². The zero-order chi connectivity index (χ0) is 13.2. The Kier molecular flexibility index (Phi) is 3.28. The summed E-state index contributed by atoms with van der Waals surface area (Å²) in [5.74, 6) is 0.725. The molecular weight excluding hydrogens is 240 g/mol. The number of carbonyl (C=O) groups is 1. The molecule has 0 bridgehead atoms. The lowest BCUT2D eigenvalue weighted by Crippen LogP contribution is -2.27. The zero-order valence-corrected chi connectivity index (χ0v) is 11.1. The van der Waals surface area contributed by atoms with E-state index < -0.39 is 0 Å². The van der Waals surface area contributed by atoms with Gasteiger partial charge in [0.15, 0.2) is 0 Å². The number of ether oxygens (including phenoxy) is 2. The molecule has 0 fully saturated rings. The third kappa shape index (κ3) is 2.25. The number of para-hydroxylation sites is 1. The largest absolute Gasteiger partial charge is 0.485 e. The maximum absolute atomic E-state index is 11.7. The summed E-state index contributed by atoms with van der Waals surface area (Å²) in [7, 11) is 0. The standard InChI is InChI=1S/C16H18O3/c1-2-18-16(17)10-15-13-8-5-7-11(13)12-6-3-4-9-14(12)19-15/h3-4,6,9,15H,2,5,7-8,10H2,1H3. The van der Waals surface area contributed by atoms with Crippen LogP contribution in [0.25, 0.3) is 5.57 Å². The first-order chi connectivity index (χ1) is 9.29. The molecule has 19 heavy (non-hydrogen) atoms. The molecule has 100 valence electrons. The Morgan fingerprint density at radius 1 is 1.37 bits per heavy atom. The normalized spacial score (nSPS) is 20.6. The van der Waals surface area contributed by atoms with Crippen molar-refractivity contribution in [3.05, 3.63) is 35.4 Å². The van der Waals surface area contributed by atoms with Crippen LogP contribution in [0.5, 0.6) is 5.75 Å². The summed E-state index contributed by atoms with van der Waals surface area (Å²) in [5, 5.41) is 0. The molecule has 1 aliphatic heterocycles. The molecule has 0 N–H and O–H groups in total. The molecule has 1 aromatic rings. The molecule has 0 amide bonds. The second-order valence-corrected chi connectivity index (χ2v) is 4.97. The van der Waals surface area contributed by atoms with E-state index in [1.54, 1.807) is 0 Å². The van der Waals surface area contributed by atoms with Gasteiger partial charge >= 0.3 is 5.97 Å². The molecule has 3 rings (SSSR count). The second-order valence-electron chi connectivity index (χ2n) is 4.97. The second kappa shape index (κ2) is 5.08. The third-order valence-electron chi connectivity index (χ3n) is 3.79. The van der Waals surface area contributed by atoms with Gasteiger partial charge in [0.25, 0.3) is 0 Å². The van der Waals surface area contributed by atoms with Crippen molar-refractivity contribution in [2.45, 2.75) is 38.7 Å². The zero-order valence-electron chi connectivity index (χ0n) is 11.1. The average Bonchev–Trinajstić information content (AvgIpc) is 2.89. The molecule has 1 atom stereocenters. The van der Waals surface area contributed by atoms with Gasteiger partial charge in [-0.05, 0) is 43.4 Å². The van der Waals surface area contributed by atoms with E-state index in [1.165, 1.54) is 16.7 Å². The van der Waals surface area contributed by atoms with Crippen LogP contribution in [0, 0.1) is 0 Å². The third-order valence-corrected chi connectivity index (χ3v) is 3.79. The Labute approximate surface area is 113 Å². The lowest BCUT2D eigenvalue weighted by atomic mass is 9.94. The highest BCUT2D eigenvalue weighted by atomic mass is 16.5. The van der Waals surface area contributed by atoms with Crippen LogP contribution in [0.15, 0.2) is 29.8 Å². The van der Waals surface area contributed by atoms with Gasteiger partial charge in [-0.15, -0.1) is 0 Å². The summed E-state index contributed by atoms with van der Waals surface area (Å²) in [4.78, 5) is 11.7. The number of carbonyl (C=O) groups excluding carboxylic acids is 1. The minimum absolute atomic E-state index is 0.133. The van der Waals surface area contributed by atoms with E-state index in [4.69, 9.17) is 9.47 Å². The summed E-state index contributed by atoms with van der Waals surface area (Å²) in [6.45, 7) is 2.25. The summed E-state index contributed by atoms with van der Waals surface area (Å²) in [6, 6.07) is 8.10. The highest BCUT2D eigenvalue weighted by Crippen LogP contribution is 2.44. The molecule has 0 aromatic heterocycles. The van der Waals surface area contributed by atoms with Crippen LogP contribution >= 0.6 is 0 Å². The van der Waals surface area contributed by atoms with E-state index in [2.05, 4.69) is 6.07 Å². The van der Waals surface area contributed by atoms with Crippen LogP contribution in [-0.4, -0.2) is 18.7 Å². The predicted molar refractivity (Wildman–Crippen MR) is 72.9 cm³/mol. The molecule has 1 aromatic carbocycles. The number of fused-ring (bicyclic) bond motifs is 2. The Morgan fingerprint density at radius 3 is 3.05 bits per heavy atom. The van der Waals surface area contributed by atoms with Crippen LogP contribution in [0.4, 0.5) is 0 Å². The average molecular weight is 258 g/mol. The fraction of sp³-hybridized carbons (Fsp3) is 0.438. The van der Waals surface area contributed by atoms with Gasteiger partial charge in [0.1, 0.15) is 11.9 Å². The Bertz CT molecular complexity index is 531. The summed E-state index contributed by atoms with van der Waals surface area (Å²) >= 11 is 0. The van der Waals surface area contributed by atoms with E-state index in [9.17, 15) is 4.79 Å². The number of benzene rings is 1. The minimum atomic E-state index is -0.175. The molecule has 0 saturated heterocycles. The van der Waals surface area contributed by atoms with Gasteiger partial charge in [0, 0.05) is 5.56 Å². The smallest absolute Gasteiger partial charge is 0.309 e. The number of rotatable bonds is 3. The molecule has 3 nitrogen and oxygen atoms in total. The van der Waals surface area contributed by atoms with Crippen LogP contribution < -0.4 is 4.74 Å². The summed E-state index contributed by atoms with van der Waals surface area (Å²) in [6.07, 6.45) is 3.47. The van der Waals surface area contributed by atoms with Crippen LogP contribution in [0.3, 0.4) is 0 Å². The van der Waals surface area contributed by atoms with Gasteiger partial charge < -0.3 is 9.47 Å². The first-order valence-corrected chi connectivity index (χ1v) is 6.93. The van der Waals surface area contributed by atoms with Crippen molar-refractivity contribution < 1.29 is 14.3 Å². The van der Waals surface area contributed by atoms with Crippen molar-refractivity contribution in [3.63, 3.8) is 0 Å². The number of hydrogen-bond donors (Lipinski definition) is 0. The number of hydrogen-bond acceptors (Lipinski definition) is 3. The van der Waals surface area contributed by atoms with E-state index in [-0.39, 0.29) is 12.1 Å².